The fraction of sp³-hybridized carbons (Fsp3) is 0.636. The minimum atomic E-state index is -0.597. The lowest BCUT2D eigenvalue weighted by Crippen LogP contribution is -2.59. The molecule has 0 bridgehead atoms. The van der Waals surface area contributed by atoms with Crippen molar-refractivity contribution in [2.24, 2.45) is 16.7 Å². The maximum absolute atomic E-state index is 12.8. The van der Waals surface area contributed by atoms with E-state index in [2.05, 4.69) is 33.8 Å². The maximum Gasteiger partial charge on any atom is 0.227 e. The van der Waals surface area contributed by atoms with Gasteiger partial charge in [-0.05, 0) is 43.1 Å². The lowest BCUT2D eigenvalue weighted by atomic mass is 9.46. The van der Waals surface area contributed by atoms with E-state index in [9.17, 15) is 9.59 Å². The average Bonchev–Trinajstić information content (AvgIpc) is 2.99. The molecule has 0 aromatic carbocycles. The molecule has 3 aliphatic carbocycles. The van der Waals surface area contributed by atoms with Gasteiger partial charge in [0.2, 0.25) is 11.6 Å². The first-order chi connectivity index (χ1) is 12.2. The molecule has 0 unspecified atom stereocenters. The van der Waals surface area contributed by atoms with Crippen LogP contribution in [0.2, 0.25) is 0 Å². The molecule has 4 aliphatic rings. The van der Waals surface area contributed by atoms with E-state index < -0.39 is 5.60 Å². The molecule has 0 radical (unpaired) electrons. The number of allylic oxidation sites excluding steroid dienone is 3. The van der Waals surface area contributed by atoms with E-state index in [0.717, 1.165) is 24.8 Å². The molecule has 0 N–H and O–H groups in total. The Morgan fingerprint density at radius 2 is 1.92 bits per heavy atom. The third kappa shape index (κ3) is 2.02. The Bertz CT molecular complexity index is 797. The van der Waals surface area contributed by atoms with E-state index in [1.165, 1.54) is 19.6 Å². The summed E-state index contributed by atoms with van der Waals surface area (Å²) in [5.74, 6) is 0.384. The van der Waals surface area contributed by atoms with Crippen molar-refractivity contribution < 1.29 is 19.1 Å². The molecule has 0 amide bonds. The third-order valence-corrected chi connectivity index (χ3v) is 7.63. The van der Waals surface area contributed by atoms with Gasteiger partial charge in [-0.25, -0.2) is 0 Å². The van der Waals surface area contributed by atoms with Crippen LogP contribution in [0.15, 0.2) is 34.8 Å². The second kappa shape index (κ2) is 5.34. The number of rotatable bonds is 1. The summed E-state index contributed by atoms with van der Waals surface area (Å²) in [6.45, 7) is 9.11. The summed E-state index contributed by atoms with van der Waals surface area (Å²) in [5.41, 5.74) is 1.17. The fourth-order valence-electron chi connectivity index (χ4n) is 6.17. The van der Waals surface area contributed by atoms with Gasteiger partial charge in [0.15, 0.2) is 11.5 Å². The zero-order valence-corrected chi connectivity index (χ0v) is 16.4. The van der Waals surface area contributed by atoms with Crippen molar-refractivity contribution in [3.8, 4) is 0 Å². The van der Waals surface area contributed by atoms with Crippen LogP contribution < -0.4 is 0 Å². The summed E-state index contributed by atoms with van der Waals surface area (Å²) < 4.78 is 11.6. The molecule has 3 atom stereocenters. The number of carbonyl (C=O) groups excluding carboxylic acids is 2. The molecule has 4 heteroatoms. The molecule has 0 saturated heterocycles. The predicted molar refractivity (Wildman–Crippen MR) is 98.2 cm³/mol. The van der Waals surface area contributed by atoms with Crippen molar-refractivity contribution in [3.63, 3.8) is 0 Å². The van der Waals surface area contributed by atoms with Gasteiger partial charge in [-0.3, -0.25) is 9.59 Å². The molecule has 1 spiro atoms. The molecule has 1 saturated carbocycles. The first kappa shape index (κ1) is 17.6. The molecule has 4 rings (SSSR count). The second-order valence-corrected chi connectivity index (χ2v) is 9.25. The van der Waals surface area contributed by atoms with Gasteiger partial charge in [-0.1, -0.05) is 33.3 Å². The van der Waals surface area contributed by atoms with E-state index in [-0.39, 0.29) is 33.9 Å². The molecule has 0 aromatic rings. The summed E-state index contributed by atoms with van der Waals surface area (Å²) in [4.78, 5) is 25.4. The largest absolute Gasteiger partial charge is 0.493 e. The Hall–Kier alpha value is -1.84. The predicted octanol–water partition coefficient (Wildman–Crippen LogP) is 4.26. The van der Waals surface area contributed by atoms with E-state index in [0.29, 0.717) is 17.9 Å². The lowest BCUT2D eigenvalue weighted by molar-refractivity contribution is -0.148. The monoisotopic (exact) mass is 356 g/mol. The topological polar surface area (TPSA) is 52.6 Å². The zero-order valence-electron chi connectivity index (χ0n) is 16.4. The normalized spacial score (nSPS) is 38.4. The number of hydrogen-bond donors (Lipinski definition) is 0. The summed E-state index contributed by atoms with van der Waals surface area (Å²) in [7, 11) is 1.43. The van der Waals surface area contributed by atoms with Crippen LogP contribution in [0.5, 0.6) is 0 Å². The van der Waals surface area contributed by atoms with E-state index >= 15 is 0 Å². The van der Waals surface area contributed by atoms with Crippen LogP contribution in [-0.2, 0) is 19.1 Å². The Morgan fingerprint density at radius 3 is 2.62 bits per heavy atom. The van der Waals surface area contributed by atoms with Gasteiger partial charge < -0.3 is 9.47 Å². The number of ketones is 2. The Morgan fingerprint density at radius 1 is 1.19 bits per heavy atom. The van der Waals surface area contributed by atoms with Crippen LogP contribution >= 0.6 is 0 Å². The first-order valence-corrected chi connectivity index (χ1v) is 9.60. The van der Waals surface area contributed by atoms with Gasteiger partial charge in [-0.2, -0.15) is 0 Å². The fourth-order valence-corrected chi connectivity index (χ4v) is 6.17. The average molecular weight is 356 g/mol. The third-order valence-electron chi connectivity index (χ3n) is 7.63. The molecule has 4 nitrogen and oxygen atoms in total. The highest BCUT2D eigenvalue weighted by atomic mass is 16.5. The summed E-state index contributed by atoms with van der Waals surface area (Å²) in [5, 5.41) is 0. The smallest absolute Gasteiger partial charge is 0.227 e. The number of hydrogen-bond acceptors (Lipinski definition) is 4. The van der Waals surface area contributed by atoms with Crippen molar-refractivity contribution in [1.29, 1.82) is 0 Å². The van der Waals surface area contributed by atoms with Crippen molar-refractivity contribution in [2.75, 3.05) is 7.11 Å². The highest BCUT2D eigenvalue weighted by Gasteiger charge is 2.64. The van der Waals surface area contributed by atoms with E-state index in [4.69, 9.17) is 9.47 Å². The molecule has 140 valence electrons. The van der Waals surface area contributed by atoms with Gasteiger partial charge in [-0.15, -0.1) is 0 Å². The van der Waals surface area contributed by atoms with E-state index in [1.807, 2.05) is 0 Å². The van der Waals surface area contributed by atoms with E-state index in [1.54, 1.807) is 0 Å². The second-order valence-electron chi connectivity index (χ2n) is 9.25. The Balaban J connectivity index is 1.81. The van der Waals surface area contributed by atoms with Crippen LogP contribution in [-0.4, -0.2) is 24.3 Å². The van der Waals surface area contributed by atoms with Gasteiger partial charge >= 0.3 is 0 Å². The van der Waals surface area contributed by atoms with Crippen molar-refractivity contribution in [3.05, 3.63) is 34.8 Å². The number of ether oxygens (including phenoxy) is 2. The van der Waals surface area contributed by atoms with Crippen LogP contribution in [0.1, 0.15) is 59.8 Å². The van der Waals surface area contributed by atoms with Gasteiger partial charge in [0, 0.05) is 17.9 Å². The van der Waals surface area contributed by atoms with Crippen molar-refractivity contribution >= 4 is 11.6 Å². The summed E-state index contributed by atoms with van der Waals surface area (Å²) in [6.07, 6.45) is 8.46. The van der Waals surface area contributed by atoms with Gasteiger partial charge in [0.05, 0.1) is 12.7 Å². The van der Waals surface area contributed by atoms with Crippen LogP contribution in [0, 0.1) is 16.7 Å². The molecule has 0 aromatic heterocycles. The van der Waals surface area contributed by atoms with Crippen LogP contribution in [0.25, 0.3) is 0 Å². The minimum absolute atomic E-state index is 0.0985. The molecular weight excluding hydrogens is 328 g/mol. The molecule has 26 heavy (non-hydrogen) atoms. The summed E-state index contributed by atoms with van der Waals surface area (Å²) >= 11 is 0. The maximum atomic E-state index is 12.8. The van der Waals surface area contributed by atoms with Crippen LogP contribution in [0.3, 0.4) is 0 Å². The SMILES string of the molecule is COC1=CC(=O)C2=C(C[C@@]3(O2)C(C)=CC[C@@H]2C(C)(C)CCC[C@]23C)C1=O. The van der Waals surface area contributed by atoms with Crippen molar-refractivity contribution in [2.45, 2.75) is 65.4 Å². The van der Waals surface area contributed by atoms with Crippen LogP contribution in [0.4, 0.5) is 0 Å². The van der Waals surface area contributed by atoms with Crippen molar-refractivity contribution in [1.82, 2.24) is 0 Å². The number of fused-ring (bicyclic) bond motifs is 2. The minimum Gasteiger partial charge on any atom is -0.493 e. The molecular formula is C22H28O4. The standard InChI is InChI=1S/C22H28O4/c1-13-7-8-17-20(2,3)9-6-10-21(17,4)22(13)12-14-18(24)16(25-5)11-15(23)19(14)26-22/h7,11,17H,6,8-10,12H2,1-5H3/t17-,21-,22-/m1/s1. The number of carbonyl (C=O) groups is 2. The highest BCUT2D eigenvalue weighted by Crippen LogP contribution is 2.65. The number of Topliss-reactive ketones (excluding diaryl/α,β-unsaturated/α-hetero) is 1. The summed E-state index contributed by atoms with van der Waals surface area (Å²) in [6, 6.07) is 0. The molecule has 1 fully saturated rings. The number of methoxy groups -OCH3 is 1. The zero-order chi connectivity index (χ0) is 18.9. The van der Waals surface area contributed by atoms with Gasteiger partial charge in [0.1, 0.15) is 5.60 Å². The Kier molecular flexibility index (Phi) is 3.61. The quantitative estimate of drug-likeness (QED) is 0.520. The lowest BCUT2D eigenvalue weighted by Gasteiger charge is -2.60. The van der Waals surface area contributed by atoms with Gasteiger partial charge in [0.25, 0.3) is 0 Å². The molecule has 1 heterocycles. The Labute approximate surface area is 155 Å². The highest BCUT2D eigenvalue weighted by molar-refractivity contribution is 6.21. The first-order valence-electron chi connectivity index (χ1n) is 9.60. The molecule has 1 aliphatic heterocycles.